The van der Waals surface area contributed by atoms with Gasteiger partial charge < -0.3 is 4.42 Å². The van der Waals surface area contributed by atoms with Crippen LogP contribution in [-0.2, 0) is 0 Å². The molecule has 1 N–H and O–H groups in total. The number of benzene rings is 1. The van der Waals surface area contributed by atoms with Gasteiger partial charge in [-0.1, -0.05) is 23.7 Å². The Bertz CT molecular complexity index is 535. The molecule has 86 valence electrons. The number of halogens is 1. The minimum Gasteiger partial charge on any atom is -0.472 e. The first-order chi connectivity index (χ1) is 8.27. The molecule has 0 atom stereocenters. The van der Waals surface area contributed by atoms with E-state index < -0.39 is 0 Å². The molecular weight excluding hydrogens is 240 g/mol. The second kappa shape index (κ2) is 5.32. The van der Waals surface area contributed by atoms with Crippen LogP contribution in [0.5, 0.6) is 0 Å². The van der Waals surface area contributed by atoms with E-state index in [1.165, 1.54) is 18.7 Å². The SMILES string of the molecule is O=C(NN=Cc1ccoc1)c1ccccc1Cl. The minimum atomic E-state index is -0.352. The van der Waals surface area contributed by atoms with Gasteiger partial charge in [0.15, 0.2) is 0 Å². The largest absolute Gasteiger partial charge is 0.472 e. The predicted octanol–water partition coefficient (Wildman–Crippen LogP) is 2.70. The van der Waals surface area contributed by atoms with Crippen LogP contribution in [0, 0.1) is 0 Å². The Kier molecular flexibility index (Phi) is 3.57. The lowest BCUT2D eigenvalue weighted by Crippen LogP contribution is -2.17. The van der Waals surface area contributed by atoms with Crippen LogP contribution >= 0.6 is 11.6 Å². The normalized spacial score (nSPS) is 10.6. The Hall–Kier alpha value is -2.07. The van der Waals surface area contributed by atoms with Gasteiger partial charge in [0.2, 0.25) is 0 Å². The van der Waals surface area contributed by atoms with E-state index in [1.54, 1.807) is 30.3 Å². The molecule has 4 nitrogen and oxygen atoms in total. The zero-order chi connectivity index (χ0) is 12.1. The summed E-state index contributed by atoms with van der Waals surface area (Å²) in [4.78, 5) is 11.7. The van der Waals surface area contributed by atoms with Crippen LogP contribution in [0.4, 0.5) is 0 Å². The highest BCUT2D eigenvalue weighted by atomic mass is 35.5. The lowest BCUT2D eigenvalue weighted by molar-refractivity contribution is 0.0955. The second-order valence-corrected chi connectivity index (χ2v) is 3.64. The van der Waals surface area contributed by atoms with Crippen molar-refractivity contribution in [3.8, 4) is 0 Å². The molecule has 0 radical (unpaired) electrons. The van der Waals surface area contributed by atoms with Gasteiger partial charge in [0, 0.05) is 5.56 Å². The standard InChI is InChI=1S/C12H9ClN2O2/c13-11-4-2-1-3-10(11)12(16)15-14-7-9-5-6-17-8-9/h1-8H,(H,15,16). The third kappa shape index (κ3) is 2.95. The summed E-state index contributed by atoms with van der Waals surface area (Å²) in [5.74, 6) is -0.352. The van der Waals surface area contributed by atoms with E-state index >= 15 is 0 Å². The van der Waals surface area contributed by atoms with E-state index in [-0.39, 0.29) is 5.91 Å². The monoisotopic (exact) mass is 248 g/mol. The molecule has 0 saturated carbocycles. The molecule has 0 fully saturated rings. The van der Waals surface area contributed by atoms with E-state index in [4.69, 9.17) is 16.0 Å². The number of hydrazone groups is 1. The maximum absolute atomic E-state index is 11.7. The lowest BCUT2D eigenvalue weighted by Gasteiger charge is -2.00. The quantitative estimate of drug-likeness (QED) is 0.671. The van der Waals surface area contributed by atoms with Crippen molar-refractivity contribution in [2.45, 2.75) is 0 Å². The number of amides is 1. The summed E-state index contributed by atoms with van der Waals surface area (Å²) in [7, 11) is 0. The van der Waals surface area contributed by atoms with Crippen LogP contribution in [0.3, 0.4) is 0 Å². The summed E-state index contributed by atoms with van der Waals surface area (Å²) < 4.78 is 4.85. The van der Waals surface area contributed by atoms with Crippen molar-refractivity contribution in [1.82, 2.24) is 5.43 Å². The molecule has 2 aromatic rings. The number of carbonyl (C=O) groups is 1. The molecule has 17 heavy (non-hydrogen) atoms. The molecule has 0 bridgehead atoms. The van der Waals surface area contributed by atoms with E-state index in [1.807, 2.05) is 0 Å². The first-order valence-electron chi connectivity index (χ1n) is 4.87. The Morgan fingerprint density at radius 1 is 1.35 bits per heavy atom. The lowest BCUT2D eigenvalue weighted by atomic mass is 10.2. The summed E-state index contributed by atoms with van der Waals surface area (Å²) in [5, 5.41) is 4.18. The number of rotatable bonds is 3. The molecule has 0 aliphatic carbocycles. The van der Waals surface area contributed by atoms with Crippen molar-refractivity contribution in [2.75, 3.05) is 0 Å². The summed E-state index contributed by atoms with van der Waals surface area (Å²) in [5.41, 5.74) is 3.54. The van der Waals surface area contributed by atoms with Gasteiger partial charge in [-0.25, -0.2) is 5.43 Å². The molecule has 0 spiro atoms. The third-order valence-corrected chi connectivity index (χ3v) is 2.37. The first kappa shape index (κ1) is 11.4. The fraction of sp³-hybridized carbons (Fsp3) is 0. The zero-order valence-electron chi connectivity index (χ0n) is 8.76. The fourth-order valence-electron chi connectivity index (χ4n) is 1.22. The maximum Gasteiger partial charge on any atom is 0.272 e. The highest BCUT2D eigenvalue weighted by Gasteiger charge is 2.07. The van der Waals surface area contributed by atoms with E-state index in [0.717, 1.165) is 5.56 Å². The average Bonchev–Trinajstić information content (AvgIpc) is 2.82. The molecule has 5 heteroatoms. The van der Waals surface area contributed by atoms with Crippen LogP contribution in [0.2, 0.25) is 5.02 Å². The van der Waals surface area contributed by atoms with Crippen molar-refractivity contribution in [3.63, 3.8) is 0 Å². The van der Waals surface area contributed by atoms with Gasteiger partial charge in [-0.3, -0.25) is 4.79 Å². The number of hydrogen-bond acceptors (Lipinski definition) is 3. The molecule has 1 amide bonds. The van der Waals surface area contributed by atoms with Crippen LogP contribution in [0.25, 0.3) is 0 Å². The molecule has 0 saturated heterocycles. The van der Waals surface area contributed by atoms with Crippen molar-refractivity contribution in [2.24, 2.45) is 5.10 Å². The van der Waals surface area contributed by atoms with Gasteiger partial charge in [0.1, 0.15) is 0 Å². The smallest absolute Gasteiger partial charge is 0.272 e. The van der Waals surface area contributed by atoms with Gasteiger partial charge in [-0.15, -0.1) is 0 Å². The molecule has 0 aliphatic rings. The summed E-state index contributed by atoms with van der Waals surface area (Å²) >= 11 is 5.87. The fourth-order valence-corrected chi connectivity index (χ4v) is 1.44. The van der Waals surface area contributed by atoms with Crippen LogP contribution < -0.4 is 5.43 Å². The van der Waals surface area contributed by atoms with Crippen molar-refractivity contribution in [1.29, 1.82) is 0 Å². The Morgan fingerprint density at radius 3 is 2.88 bits per heavy atom. The zero-order valence-corrected chi connectivity index (χ0v) is 9.52. The number of nitrogens with one attached hydrogen (secondary N) is 1. The third-order valence-electron chi connectivity index (χ3n) is 2.04. The van der Waals surface area contributed by atoms with Crippen molar-refractivity contribution >= 4 is 23.7 Å². The topological polar surface area (TPSA) is 54.6 Å². The van der Waals surface area contributed by atoms with Gasteiger partial charge in [-0.2, -0.15) is 5.10 Å². The minimum absolute atomic E-state index is 0.352. The van der Waals surface area contributed by atoms with Gasteiger partial charge in [0.25, 0.3) is 5.91 Å². The van der Waals surface area contributed by atoms with E-state index in [0.29, 0.717) is 10.6 Å². The Balaban J connectivity index is 2.01. The van der Waals surface area contributed by atoms with Gasteiger partial charge in [0.05, 0.1) is 29.3 Å². The van der Waals surface area contributed by atoms with E-state index in [9.17, 15) is 4.79 Å². The molecule has 1 aromatic heterocycles. The van der Waals surface area contributed by atoms with Crippen LogP contribution in [0.15, 0.2) is 52.4 Å². The van der Waals surface area contributed by atoms with Crippen molar-refractivity contribution < 1.29 is 9.21 Å². The Morgan fingerprint density at radius 2 is 2.18 bits per heavy atom. The maximum atomic E-state index is 11.7. The van der Waals surface area contributed by atoms with Gasteiger partial charge >= 0.3 is 0 Å². The predicted molar refractivity (Wildman–Crippen MR) is 65.2 cm³/mol. The Labute approximate surface area is 103 Å². The molecule has 1 heterocycles. The molecule has 0 aliphatic heterocycles. The van der Waals surface area contributed by atoms with E-state index in [2.05, 4.69) is 10.5 Å². The van der Waals surface area contributed by atoms with Crippen LogP contribution in [-0.4, -0.2) is 12.1 Å². The second-order valence-electron chi connectivity index (χ2n) is 3.24. The number of furan rings is 1. The summed E-state index contributed by atoms with van der Waals surface area (Å²) in [6.45, 7) is 0. The molecular formula is C12H9ClN2O2. The van der Waals surface area contributed by atoms with Gasteiger partial charge in [-0.05, 0) is 18.2 Å². The van der Waals surface area contributed by atoms with Crippen LogP contribution in [0.1, 0.15) is 15.9 Å². The number of nitrogens with zero attached hydrogens (tertiary/aromatic N) is 1. The first-order valence-corrected chi connectivity index (χ1v) is 5.25. The number of hydrogen-bond donors (Lipinski definition) is 1. The summed E-state index contributed by atoms with van der Waals surface area (Å²) in [6.07, 6.45) is 4.53. The number of carbonyl (C=O) groups excluding carboxylic acids is 1. The molecule has 0 unspecified atom stereocenters. The average molecular weight is 249 g/mol. The van der Waals surface area contributed by atoms with Crippen molar-refractivity contribution in [3.05, 3.63) is 59.0 Å². The summed E-state index contributed by atoms with van der Waals surface area (Å²) in [6, 6.07) is 8.50. The molecule has 2 rings (SSSR count). The molecule has 1 aromatic carbocycles. The highest BCUT2D eigenvalue weighted by molar-refractivity contribution is 6.33. The highest BCUT2D eigenvalue weighted by Crippen LogP contribution is 2.14.